The van der Waals surface area contributed by atoms with E-state index < -0.39 is 0 Å². The van der Waals surface area contributed by atoms with Gasteiger partial charge in [-0.25, -0.2) is 0 Å². The number of rotatable bonds is 7. The number of piperidine rings is 1. The second-order valence-electron chi connectivity index (χ2n) is 6.65. The van der Waals surface area contributed by atoms with Gasteiger partial charge in [0, 0.05) is 45.3 Å². The smallest absolute Gasteiger partial charge is 0.193 e. The summed E-state index contributed by atoms with van der Waals surface area (Å²) >= 11 is 3.62. The third kappa shape index (κ3) is 7.70. The van der Waals surface area contributed by atoms with Crippen molar-refractivity contribution < 1.29 is 4.74 Å². The molecule has 0 bridgehead atoms. The fraction of sp³-hybridized carbons (Fsp3) is 0.632. The number of guanidine groups is 1. The maximum Gasteiger partial charge on any atom is 0.193 e. The van der Waals surface area contributed by atoms with Crippen LogP contribution >= 0.6 is 39.9 Å². The Bertz CT molecular complexity index is 550. The van der Waals surface area contributed by atoms with Crippen LogP contribution in [0.1, 0.15) is 18.4 Å². The Morgan fingerprint density at radius 3 is 2.65 bits per heavy atom. The van der Waals surface area contributed by atoms with Crippen molar-refractivity contribution in [3.8, 4) is 0 Å². The summed E-state index contributed by atoms with van der Waals surface area (Å²) in [7, 11) is 5.71. The normalized spacial score (nSPS) is 16.2. The van der Waals surface area contributed by atoms with Gasteiger partial charge in [0.1, 0.15) is 0 Å². The summed E-state index contributed by atoms with van der Waals surface area (Å²) in [6.45, 7) is 6.03. The number of nitrogens with one attached hydrogen (secondary N) is 1. The summed E-state index contributed by atoms with van der Waals surface area (Å²) < 4.78 is 6.31. The molecule has 0 aromatic heterocycles. The van der Waals surface area contributed by atoms with Crippen molar-refractivity contribution in [1.82, 2.24) is 15.1 Å². The number of hydrogen-bond donors (Lipinski definition) is 1. The lowest BCUT2D eigenvalue weighted by Gasteiger charge is -2.32. The lowest BCUT2D eigenvalue weighted by atomic mass is 9.97. The third-order valence-electron chi connectivity index (χ3n) is 4.81. The number of halogens is 2. The van der Waals surface area contributed by atoms with E-state index in [0.717, 1.165) is 36.7 Å². The van der Waals surface area contributed by atoms with Gasteiger partial charge in [-0.1, -0.05) is 34.1 Å². The molecule has 0 radical (unpaired) electrons. The molecule has 1 heterocycles. The molecule has 1 aromatic carbocycles. The molecule has 0 unspecified atom stereocenters. The van der Waals surface area contributed by atoms with Crippen molar-refractivity contribution in [2.24, 2.45) is 10.9 Å². The first kappa shape index (κ1) is 23.7. The average molecular weight is 539 g/mol. The summed E-state index contributed by atoms with van der Waals surface area (Å²) in [4.78, 5) is 9.11. The average Bonchev–Trinajstić information content (AvgIpc) is 2.63. The van der Waals surface area contributed by atoms with Gasteiger partial charge in [0.15, 0.2) is 5.96 Å². The molecule has 0 amide bonds. The molecular formula is C19H32BrIN4O. The van der Waals surface area contributed by atoms with Crippen LogP contribution in [0.5, 0.6) is 0 Å². The SMILES string of the molecule is CN=C(NCC1CCN(CCOC)CC1)N(C)Cc1ccccc1Br.I. The molecule has 0 atom stereocenters. The summed E-state index contributed by atoms with van der Waals surface area (Å²) in [6, 6.07) is 8.33. The predicted octanol–water partition coefficient (Wildman–Crippen LogP) is 3.43. The second-order valence-corrected chi connectivity index (χ2v) is 7.51. The van der Waals surface area contributed by atoms with Crippen LogP contribution in [0.15, 0.2) is 33.7 Å². The minimum atomic E-state index is 0. The molecule has 7 heteroatoms. The van der Waals surface area contributed by atoms with Gasteiger partial charge in [-0.3, -0.25) is 4.99 Å². The summed E-state index contributed by atoms with van der Waals surface area (Å²) in [5.41, 5.74) is 1.26. The fourth-order valence-corrected chi connectivity index (χ4v) is 3.62. The first-order valence-electron chi connectivity index (χ1n) is 9.00. The second kappa shape index (κ2) is 12.9. The van der Waals surface area contributed by atoms with Gasteiger partial charge < -0.3 is 19.9 Å². The number of likely N-dealkylation sites (tertiary alicyclic amines) is 1. The van der Waals surface area contributed by atoms with Crippen LogP contribution in [0.4, 0.5) is 0 Å². The number of benzene rings is 1. The van der Waals surface area contributed by atoms with Crippen molar-refractivity contribution >= 4 is 45.9 Å². The summed E-state index contributed by atoms with van der Waals surface area (Å²) in [6.07, 6.45) is 2.48. The van der Waals surface area contributed by atoms with E-state index in [1.54, 1.807) is 7.11 Å². The maximum absolute atomic E-state index is 5.17. The fourth-order valence-electron chi connectivity index (χ4n) is 3.21. The Morgan fingerprint density at radius 1 is 1.35 bits per heavy atom. The van der Waals surface area contributed by atoms with Gasteiger partial charge in [0.05, 0.1) is 6.61 Å². The maximum atomic E-state index is 5.17. The molecule has 1 aliphatic rings. The summed E-state index contributed by atoms with van der Waals surface area (Å²) in [5.74, 6) is 1.67. The van der Waals surface area contributed by atoms with Gasteiger partial charge in [-0.15, -0.1) is 24.0 Å². The number of methoxy groups -OCH3 is 1. The van der Waals surface area contributed by atoms with E-state index in [1.165, 1.54) is 31.5 Å². The van der Waals surface area contributed by atoms with Crippen LogP contribution in [0, 0.1) is 5.92 Å². The molecule has 26 heavy (non-hydrogen) atoms. The lowest BCUT2D eigenvalue weighted by Crippen LogP contribution is -2.43. The van der Waals surface area contributed by atoms with Crippen LogP contribution in [0.3, 0.4) is 0 Å². The van der Waals surface area contributed by atoms with Crippen LogP contribution in [-0.2, 0) is 11.3 Å². The molecule has 148 valence electrons. The number of aliphatic imine (C=N–C) groups is 1. The minimum Gasteiger partial charge on any atom is -0.383 e. The van der Waals surface area contributed by atoms with Crippen molar-refractivity contribution in [3.05, 3.63) is 34.3 Å². The molecule has 1 aliphatic heterocycles. The molecule has 1 saturated heterocycles. The zero-order valence-electron chi connectivity index (χ0n) is 16.1. The first-order chi connectivity index (χ1) is 12.1. The quantitative estimate of drug-likeness (QED) is 0.328. The van der Waals surface area contributed by atoms with E-state index in [1.807, 2.05) is 13.1 Å². The highest BCUT2D eigenvalue weighted by atomic mass is 127. The van der Waals surface area contributed by atoms with E-state index in [9.17, 15) is 0 Å². The van der Waals surface area contributed by atoms with Crippen LogP contribution in [0.25, 0.3) is 0 Å². The highest BCUT2D eigenvalue weighted by Gasteiger charge is 2.19. The largest absolute Gasteiger partial charge is 0.383 e. The molecular weight excluding hydrogens is 507 g/mol. The molecule has 1 fully saturated rings. The van der Waals surface area contributed by atoms with Gasteiger partial charge in [0.25, 0.3) is 0 Å². The van der Waals surface area contributed by atoms with Crippen molar-refractivity contribution in [2.45, 2.75) is 19.4 Å². The van der Waals surface area contributed by atoms with Gasteiger partial charge >= 0.3 is 0 Å². The van der Waals surface area contributed by atoms with Crippen molar-refractivity contribution in [2.75, 3.05) is 54.0 Å². The topological polar surface area (TPSA) is 40.1 Å². The Labute approximate surface area is 183 Å². The Morgan fingerprint density at radius 2 is 2.04 bits per heavy atom. The molecule has 0 aliphatic carbocycles. The number of nitrogens with zero attached hydrogens (tertiary/aromatic N) is 3. The number of hydrogen-bond acceptors (Lipinski definition) is 3. The highest BCUT2D eigenvalue weighted by Crippen LogP contribution is 2.18. The molecule has 2 rings (SSSR count). The third-order valence-corrected chi connectivity index (χ3v) is 5.58. The zero-order chi connectivity index (χ0) is 18.1. The van der Waals surface area contributed by atoms with Gasteiger partial charge in [-0.05, 0) is 43.5 Å². The monoisotopic (exact) mass is 538 g/mol. The first-order valence-corrected chi connectivity index (χ1v) is 9.79. The Balaban J connectivity index is 0.00000338. The minimum absolute atomic E-state index is 0. The van der Waals surface area contributed by atoms with E-state index >= 15 is 0 Å². The van der Waals surface area contributed by atoms with E-state index in [4.69, 9.17) is 4.74 Å². The highest BCUT2D eigenvalue weighted by molar-refractivity contribution is 14.0. The lowest BCUT2D eigenvalue weighted by molar-refractivity contribution is 0.120. The zero-order valence-corrected chi connectivity index (χ0v) is 20.0. The molecule has 5 nitrogen and oxygen atoms in total. The molecule has 1 N–H and O–H groups in total. The van der Waals surface area contributed by atoms with E-state index in [2.05, 4.69) is 61.3 Å². The summed E-state index contributed by atoms with van der Waals surface area (Å²) in [5, 5.41) is 3.55. The van der Waals surface area contributed by atoms with Gasteiger partial charge in [-0.2, -0.15) is 0 Å². The van der Waals surface area contributed by atoms with Crippen molar-refractivity contribution in [3.63, 3.8) is 0 Å². The molecule has 1 aromatic rings. The standard InChI is InChI=1S/C19H31BrN4O.HI/c1-21-19(23(2)15-17-6-4-5-7-18(17)20)22-14-16-8-10-24(11-9-16)12-13-25-3;/h4-7,16H,8-15H2,1-3H3,(H,21,22);1H. The van der Waals surface area contributed by atoms with Crippen LogP contribution < -0.4 is 5.32 Å². The molecule has 0 spiro atoms. The number of ether oxygens (including phenoxy) is 1. The molecule has 0 saturated carbocycles. The Kier molecular flexibility index (Phi) is 11.7. The van der Waals surface area contributed by atoms with Crippen LogP contribution in [0.2, 0.25) is 0 Å². The predicted molar refractivity (Wildman–Crippen MR) is 123 cm³/mol. The van der Waals surface area contributed by atoms with Crippen LogP contribution in [-0.4, -0.2) is 69.8 Å². The van der Waals surface area contributed by atoms with Gasteiger partial charge in [0.2, 0.25) is 0 Å². The van der Waals surface area contributed by atoms with E-state index in [0.29, 0.717) is 5.92 Å². The van der Waals surface area contributed by atoms with E-state index in [-0.39, 0.29) is 24.0 Å². The van der Waals surface area contributed by atoms with Crippen molar-refractivity contribution in [1.29, 1.82) is 0 Å². The Hall–Kier alpha value is -0.380.